The Hall–Kier alpha value is -1.74. The van der Waals surface area contributed by atoms with Gasteiger partial charge >= 0.3 is 0 Å². The number of fused-ring (bicyclic) bond motifs is 2. The maximum Gasteiger partial charge on any atom is 0.277 e. The van der Waals surface area contributed by atoms with Crippen molar-refractivity contribution < 1.29 is 0 Å². The standard InChI is InChI=1S/C9H6N4OS/c10-1-5-2-11-13-8(5)12-7-4-15-3-6(7)9(13)14/h2,11H,3-4H2. The van der Waals surface area contributed by atoms with Gasteiger partial charge in [0.1, 0.15) is 11.6 Å². The monoisotopic (exact) mass is 218 g/mol. The highest BCUT2D eigenvalue weighted by Crippen LogP contribution is 2.26. The average molecular weight is 218 g/mol. The van der Waals surface area contributed by atoms with Gasteiger partial charge in [0.25, 0.3) is 5.56 Å². The molecule has 0 aromatic carbocycles. The van der Waals surface area contributed by atoms with E-state index in [0.717, 1.165) is 17.0 Å². The predicted octanol–water partition coefficient (Wildman–Crippen LogP) is 0.641. The molecule has 2 aromatic heterocycles. The predicted molar refractivity (Wildman–Crippen MR) is 55.5 cm³/mol. The van der Waals surface area contributed by atoms with Crippen LogP contribution in [-0.2, 0) is 11.5 Å². The number of rotatable bonds is 0. The van der Waals surface area contributed by atoms with Crippen molar-refractivity contribution in [2.45, 2.75) is 11.5 Å². The summed E-state index contributed by atoms with van der Waals surface area (Å²) in [4.78, 5) is 16.3. The van der Waals surface area contributed by atoms with Crippen molar-refractivity contribution in [2.75, 3.05) is 0 Å². The molecule has 1 aliphatic rings. The van der Waals surface area contributed by atoms with Crippen LogP contribution in [0.25, 0.3) is 5.65 Å². The summed E-state index contributed by atoms with van der Waals surface area (Å²) in [6.07, 6.45) is 1.51. The Morgan fingerprint density at radius 2 is 2.47 bits per heavy atom. The maximum atomic E-state index is 11.9. The molecule has 3 heterocycles. The minimum absolute atomic E-state index is 0.0819. The topological polar surface area (TPSA) is 73.9 Å². The molecule has 5 nitrogen and oxygen atoms in total. The van der Waals surface area contributed by atoms with Crippen LogP contribution in [0.1, 0.15) is 16.8 Å². The third kappa shape index (κ3) is 1.04. The number of thioether (sulfide) groups is 1. The molecule has 0 bridgehead atoms. The molecule has 1 aliphatic heterocycles. The summed E-state index contributed by atoms with van der Waals surface area (Å²) in [6.45, 7) is 0. The van der Waals surface area contributed by atoms with Crippen molar-refractivity contribution in [1.82, 2.24) is 14.6 Å². The van der Waals surface area contributed by atoms with Crippen LogP contribution in [0.5, 0.6) is 0 Å². The van der Waals surface area contributed by atoms with E-state index in [9.17, 15) is 4.79 Å². The first-order chi connectivity index (χ1) is 7.31. The van der Waals surface area contributed by atoms with E-state index < -0.39 is 0 Å². The summed E-state index contributed by atoms with van der Waals surface area (Å²) in [5.74, 6) is 1.47. The van der Waals surface area contributed by atoms with E-state index in [1.54, 1.807) is 11.8 Å². The van der Waals surface area contributed by atoms with Crippen LogP contribution >= 0.6 is 11.8 Å². The Kier molecular flexibility index (Phi) is 1.64. The van der Waals surface area contributed by atoms with Gasteiger partial charge < -0.3 is 0 Å². The van der Waals surface area contributed by atoms with Crippen molar-refractivity contribution >= 4 is 17.4 Å². The largest absolute Gasteiger partial charge is 0.295 e. The molecule has 6 heteroatoms. The first kappa shape index (κ1) is 8.56. The Balaban J connectivity index is 2.50. The molecule has 0 radical (unpaired) electrons. The van der Waals surface area contributed by atoms with Crippen molar-refractivity contribution in [3.63, 3.8) is 0 Å². The van der Waals surface area contributed by atoms with Crippen molar-refractivity contribution in [1.29, 1.82) is 5.26 Å². The summed E-state index contributed by atoms with van der Waals surface area (Å²) in [6, 6.07) is 2.01. The summed E-state index contributed by atoms with van der Waals surface area (Å²) in [5, 5.41) is 11.6. The fraction of sp³-hybridized carbons (Fsp3) is 0.222. The lowest BCUT2D eigenvalue weighted by Gasteiger charge is -1.97. The highest BCUT2D eigenvalue weighted by molar-refractivity contribution is 7.98. The first-order valence-electron chi connectivity index (χ1n) is 4.41. The molecule has 0 unspecified atom stereocenters. The van der Waals surface area contributed by atoms with Crippen molar-refractivity contribution in [3.8, 4) is 6.07 Å². The summed E-state index contributed by atoms with van der Waals surface area (Å²) >= 11 is 1.67. The molecule has 0 spiro atoms. The normalized spacial score (nSPS) is 14.1. The number of nitriles is 1. The lowest BCUT2D eigenvalue weighted by Crippen LogP contribution is -2.20. The van der Waals surface area contributed by atoms with Crippen LogP contribution < -0.4 is 5.56 Å². The Bertz CT molecular complexity index is 648. The minimum Gasteiger partial charge on any atom is -0.295 e. The van der Waals surface area contributed by atoms with Crippen LogP contribution in [0.4, 0.5) is 0 Å². The molecule has 2 aromatic rings. The van der Waals surface area contributed by atoms with Crippen molar-refractivity contribution in [2.24, 2.45) is 0 Å². The summed E-state index contributed by atoms with van der Waals surface area (Å²) < 4.78 is 1.34. The second kappa shape index (κ2) is 2.87. The average Bonchev–Trinajstić information content (AvgIpc) is 2.83. The van der Waals surface area contributed by atoms with E-state index in [4.69, 9.17) is 5.26 Å². The molecular weight excluding hydrogens is 212 g/mol. The SMILES string of the molecule is N#Cc1c[nH]n2c(=O)c3c(nc12)CSC3. The number of aromatic nitrogens is 3. The Labute approximate surface area is 88.7 Å². The van der Waals surface area contributed by atoms with Crippen LogP contribution in [0.15, 0.2) is 11.0 Å². The van der Waals surface area contributed by atoms with E-state index in [2.05, 4.69) is 10.1 Å². The third-order valence-corrected chi connectivity index (χ3v) is 3.42. The lowest BCUT2D eigenvalue weighted by molar-refractivity contribution is 0.874. The molecule has 0 aliphatic carbocycles. The van der Waals surface area contributed by atoms with Gasteiger partial charge in [0.05, 0.1) is 11.3 Å². The highest BCUT2D eigenvalue weighted by Gasteiger charge is 2.20. The molecule has 3 rings (SSSR count). The molecule has 1 N–H and O–H groups in total. The van der Waals surface area contributed by atoms with Gasteiger partial charge in [-0.1, -0.05) is 0 Å². The molecule has 0 saturated heterocycles. The fourth-order valence-corrected chi connectivity index (χ4v) is 2.72. The van der Waals surface area contributed by atoms with Crippen LogP contribution in [0.3, 0.4) is 0 Å². The summed E-state index contributed by atoms with van der Waals surface area (Å²) in [7, 11) is 0. The lowest BCUT2D eigenvalue weighted by atomic mass is 10.2. The van der Waals surface area contributed by atoms with Crippen LogP contribution in [0, 0.1) is 11.3 Å². The van der Waals surface area contributed by atoms with E-state index >= 15 is 0 Å². The Morgan fingerprint density at radius 3 is 3.27 bits per heavy atom. The zero-order chi connectivity index (χ0) is 10.4. The Morgan fingerprint density at radius 1 is 1.60 bits per heavy atom. The minimum atomic E-state index is -0.0819. The molecule has 0 fully saturated rings. The fourth-order valence-electron chi connectivity index (χ4n) is 1.69. The van der Waals surface area contributed by atoms with Crippen molar-refractivity contribution in [3.05, 3.63) is 33.4 Å². The molecule has 0 atom stereocenters. The maximum absolute atomic E-state index is 11.9. The number of hydrogen-bond acceptors (Lipinski definition) is 4. The number of aromatic amines is 1. The molecule has 0 saturated carbocycles. The van der Waals surface area contributed by atoms with Gasteiger partial charge in [-0.3, -0.25) is 9.89 Å². The highest BCUT2D eigenvalue weighted by atomic mass is 32.2. The number of H-pyrrole nitrogens is 1. The second-order valence-electron chi connectivity index (χ2n) is 3.29. The van der Waals surface area contributed by atoms with E-state index in [1.165, 1.54) is 10.7 Å². The van der Waals surface area contributed by atoms with E-state index in [-0.39, 0.29) is 5.56 Å². The third-order valence-electron chi connectivity index (χ3n) is 2.45. The van der Waals surface area contributed by atoms with Gasteiger partial charge in [-0.15, -0.1) is 0 Å². The van der Waals surface area contributed by atoms with E-state index in [1.807, 2.05) is 6.07 Å². The van der Waals surface area contributed by atoms with E-state index in [0.29, 0.717) is 17.0 Å². The molecule has 0 amide bonds. The molecule has 15 heavy (non-hydrogen) atoms. The van der Waals surface area contributed by atoms with Gasteiger partial charge in [-0.05, 0) is 0 Å². The molecule has 74 valence electrons. The van der Waals surface area contributed by atoms with Gasteiger partial charge in [0, 0.05) is 17.7 Å². The molecular formula is C9H6N4OS. The van der Waals surface area contributed by atoms with Gasteiger partial charge in [-0.25, -0.2) is 9.50 Å². The quantitative estimate of drug-likeness (QED) is 0.704. The number of nitrogens with one attached hydrogen (secondary N) is 1. The smallest absolute Gasteiger partial charge is 0.277 e. The van der Waals surface area contributed by atoms with Crippen LogP contribution in [0.2, 0.25) is 0 Å². The zero-order valence-electron chi connectivity index (χ0n) is 7.65. The van der Waals surface area contributed by atoms with Gasteiger partial charge in [0.2, 0.25) is 0 Å². The van der Waals surface area contributed by atoms with Crippen LogP contribution in [-0.4, -0.2) is 14.6 Å². The number of hydrogen-bond donors (Lipinski definition) is 1. The van der Waals surface area contributed by atoms with Gasteiger partial charge in [-0.2, -0.15) is 17.0 Å². The number of nitrogens with zero attached hydrogens (tertiary/aromatic N) is 3. The first-order valence-corrected chi connectivity index (χ1v) is 5.56. The zero-order valence-corrected chi connectivity index (χ0v) is 8.47. The van der Waals surface area contributed by atoms with Gasteiger partial charge in [0.15, 0.2) is 5.65 Å². The second-order valence-corrected chi connectivity index (χ2v) is 4.28. The summed E-state index contributed by atoms with van der Waals surface area (Å²) in [5.41, 5.74) is 2.34.